The Hall–Kier alpha value is -2.91. The summed E-state index contributed by atoms with van der Waals surface area (Å²) in [5, 5.41) is 5.93. The van der Waals surface area contributed by atoms with Crippen molar-refractivity contribution in [2.45, 2.75) is 31.6 Å². The Kier molecular flexibility index (Phi) is 7.29. The van der Waals surface area contributed by atoms with Gasteiger partial charge in [-0.25, -0.2) is 13.2 Å². The maximum atomic E-state index is 12.8. The maximum Gasteiger partial charge on any atom is 0.338 e. The molecule has 0 spiro atoms. The first-order chi connectivity index (χ1) is 14.9. The van der Waals surface area contributed by atoms with Crippen LogP contribution in [0.1, 0.15) is 47.4 Å². The third-order valence-corrected chi connectivity index (χ3v) is 6.88. The van der Waals surface area contributed by atoms with E-state index in [1.165, 1.54) is 28.6 Å². The molecular weight excluding hydrogens is 418 g/mol. The third-order valence-electron chi connectivity index (χ3n) is 4.97. The van der Waals surface area contributed by atoms with E-state index in [0.717, 1.165) is 12.8 Å². The highest BCUT2D eigenvalue weighted by Crippen LogP contribution is 2.25. The topological polar surface area (TPSA) is 105 Å². The van der Waals surface area contributed by atoms with Crippen molar-refractivity contribution >= 4 is 33.3 Å². The fraction of sp³-hybridized carbons (Fsp3) is 0.364. The van der Waals surface area contributed by atoms with Gasteiger partial charge in [-0.15, -0.1) is 0 Å². The lowest BCUT2D eigenvalue weighted by Gasteiger charge is -2.16. The van der Waals surface area contributed by atoms with Crippen molar-refractivity contribution in [3.05, 3.63) is 53.6 Å². The van der Waals surface area contributed by atoms with Gasteiger partial charge in [0.2, 0.25) is 10.0 Å². The van der Waals surface area contributed by atoms with Gasteiger partial charge in [0.1, 0.15) is 0 Å². The summed E-state index contributed by atoms with van der Waals surface area (Å²) >= 11 is 0. The summed E-state index contributed by atoms with van der Waals surface area (Å²) in [6, 6.07) is 10.8. The predicted molar refractivity (Wildman–Crippen MR) is 119 cm³/mol. The van der Waals surface area contributed by atoms with E-state index in [0.29, 0.717) is 42.1 Å². The number of sulfonamides is 1. The zero-order valence-electron chi connectivity index (χ0n) is 17.7. The number of nitrogens with one attached hydrogen (secondary N) is 2. The summed E-state index contributed by atoms with van der Waals surface area (Å²) in [6.07, 6.45) is 1.72. The molecular formula is C22H27N3O5S. The third kappa shape index (κ3) is 5.23. The highest BCUT2D eigenvalue weighted by molar-refractivity contribution is 7.89. The number of esters is 1. The maximum absolute atomic E-state index is 12.8. The van der Waals surface area contributed by atoms with Gasteiger partial charge in [0.05, 0.1) is 28.4 Å². The van der Waals surface area contributed by atoms with E-state index < -0.39 is 21.9 Å². The Morgan fingerprint density at radius 2 is 1.61 bits per heavy atom. The first-order valence-corrected chi connectivity index (χ1v) is 11.8. The van der Waals surface area contributed by atoms with Crippen LogP contribution in [-0.2, 0) is 14.8 Å². The van der Waals surface area contributed by atoms with Crippen molar-refractivity contribution in [2.75, 3.05) is 36.9 Å². The van der Waals surface area contributed by atoms with Crippen molar-refractivity contribution < 1.29 is 22.7 Å². The average molecular weight is 446 g/mol. The molecule has 1 fully saturated rings. The van der Waals surface area contributed by atoms with Gasteiger partial charge >= 0.3 is 5.97 Å². The summed E-state index contributed by atoms with van der Waals surface area (Å²) in [5.74, 6) is -0.886. The fourth-order valence-electron chi connectivity index (χ4n) is 3.38. The monoisotopic (exact) mass is 445 g/mol. The smallest absolute Gasteiger partial charge is 0.338 e. The van der Waals surface area contributed by atoms with E-state index >= 15 is 0 Å². The Morgan fingerprint density at radius 1 is 0.968 bits per heavy atom. The summed E-state index contributed by atoms with van der Waals surface area (Å²) in [6.45, 7) is 5.57. The number of amides is 1. The zero-order valence-corrected chi connectivity index (χ0v) is 18.5. The number of benzene rings is 2. The highest BCUT2D eigenvalue weighted by atomic mass is 32.2. The number of rotatable bonds is 8. The minimum atomic E-state index is -3.53. The average Bonchev–Trinajstić information content (AvgIpc) is 3.31. The van der Waals surface area contributed by atoms with Gasteiger partial charge in [-0.3, -0.25) is 4.79 Å². The van der Waals surface area contributed by atoms with Gasteiger partial charge in [0.25, 0.3) is 5.91 Å². The van der Waals surface area contributed by atoms with Crippen LogP contribution in [0.4, 0.5) is 11.4 Å². The molecule has 8 nitrogen and oxygen atoms in total. The van der Waals surface area contributed by atoms with Crippen molar-refractivity contribution in [3.8, 4) is 0 Å². The number of anilines is 2. The predicted octanol–water partition coefficient (Wildman–Crippen LogP) is 3.33. The van der Waals surface area contributed by atoms with Gasteiger partial charge in [0.15, 0.2) is 0 Å². The molecule has 2 aromatic carbocycles. The normalized spacial score (nSPS) is 14.3. The quantitative estimate of drug-likeness (QED) is 0.604. The van der Waals surface area contributed by atoms with Crippen LogP contribution in [-0.4, -0.2) is 50.8 Å². The molecule has 0 aromatic heterocycles. The molecule has 166 valence electrons. The first kappa shape index (κ1) is 22.8. The lowest BCUT2D eigenvalue weighted by atomic mass is 10.1. The van der Waals surface area contributed by atoms with E-state index in [-0.39, 0.29) is 11.5 Å². The SMILES string of the molecule is CCNc1ccc(C(=O)OCC)cc1NC(=O)c1ccc(S(=O)(=O)N2CCCC2)cc1. The fourth-order valence-corrected chi connectivity index (χ4v) is 4.90. The van der Waals surface area contributed by atoms with Crippen LogP contribution in [0.3, 0.4) is 0 Å². The number of hydrogen-bond donors (Lipinski definition) is 2. The lowest BCUT2D eigenvalue weighted by Crippen LogP contribution is -2.27. The number of carbonyl (C=O) groups excluding carboxylic acids is 2. The Bertz CT molecular complexity index is 1050. The van der Waals surface area contributed by atoms with Crippen LogP contribution >= 0.6 is 0 Å². The van der Waals surface area contributed by atoms with Gasteiger partial charge in [-0.05, 0) is 69.2 Å². The van der Waals surface area contributed by atoms with E-state index in [2.05, 4.69) is 10.6 Å². The minimum absolute atomic E-state index is 0.170. The van der Waals surface area contributed by atoms with Crippen LogP contribution in [0.25, 0.3) is 0 Å². The zero-order chi connectivity index (χ0) is 22.4. The Morgan fingerprint density at radius 3 is 2.23 bits per heavy atom. The Labute approximate surface area is 182 Å². The van der Waals surface area contributed by atoms with Crippen molar-refractivity contribution in [1.29, 1.82) is 0 Å². The molecule has 3 rings (SSSR count). The second kappa shape index (κ2) is 9.93. The summed E-state index contributed by atoms with van der Waals surface area (Å²) in [7, 11) is -3.53. The molecule has 31 heavy (non-hydrogen) atoms. The van der Waals surface area contributed by atoms with Crippen molar-refractivity contribution in [1.82, 2.24) is 4.31 Å². The number of carbonyl (C=O) groups is 2. The summed E-state index contributed by atoms with van der Waals surface area (Å²) in [4.78, 5) is 25.0. The van der Waals surface area contributed by atoms with Crippen LogP contribution in [0.15, 0.2) is 47.4 Å². The standard InChI is InChI=1S/C22H27N3O5S/c1-3-23-19-12-9-17(22(27)30-4-2)15-20(19)24-21(26)16-7-10-18(11-8-16)31(28,29)25-13-5-6-14-25/h7-12,15,23H,3-6,13-14H2,1-2H3,(H,24,26). The molecule has 0 aliphatic carbocycles. The van der Waals surface area contributed by atoms with Gasteiger partial charge in [-0.1, -0.05) is 0 Å². The highest BCUT2D eigenvalue weighted by Gasteiger charge is 2.27. The van der Waals surface area contributed by atoms with E-state index in [4.69, 9.17) is 4.74 Å². The largest absolute Gasteiger partial charge is 0.462 e. The summed E-state index contributed by atoms with van der Waals surface area (Å²) in [5.41, 5.74) is 1.73. The number of hydrogen-bond acceptors (Lipinski definition) is 6. The molecule has 0 saturated carbocycles. The van der Waals surface area contributed by atoms with E-state index in [9.17, 15) is 18.0 Å². The molecule has 9 heteroatoms. The molecule has 0 unspecified atom stereocenters. The second-order valence-corrected chi connectivity index (χ2v) is 9.04. The summed E-state index contributed by atoms with van der Waals surface area (Å²) < 4.78 is 31.8. The lowest BCUT2D eigenvalue weighted by molar-refractivity contribution is 0.0526. The van der Waals surface area contributed by atoms with Crippen molar-refractivity contribution in [3.63, 3.8) is 0 Å². The van der Waals surface area contributed by atoms with Crippen LogP contribution in [0.5, 0.6) is 0 Å². The molecule has 2 aromatic rings. The van der Waals surface area contributed by atoms with Gasteiger partial charge in [-0.2, -0.15) is 4.31 Å². The molecule has 2 N–H and O–H groups in total. The number of ether oxygens (including phenoxy) is 1. The minimum Gasteiger partial charge on any atom is -0.462 e. The molecule has 1 saturated heterocycles. The Balaban J connectivity index is 1.80. The van der Waals surface area contributed by atoms with Crippen LogP contribution in [0.2, 0.25) is 0 Å². The molecule has 0 bridgehead atoms. The number of nitrogens with zero attached hydrogens (tertiary/aromatic N) is 1. The van der Waals surface area contributed by atoms with Crippen LogP contribution < -0.4 is 10.6 Å². The van der Waals surface area contributed by atoms with E-state index in [1.807, 2.05) is 6.92 Å². The molecule has 0 atom stereocenters. The van der Waals surface area contributed by atoms with Crippen molar-refractivity contribution in [2.24, 2.45) is 0 Å². The molecule has 1 aliphatic rings. The van der Waals surface area contributed by atoms with Crippen LogP contribution in [0, 0.1) is 0 Å². The molecule has 1 aliphatic heterocycles. The molecule has 0 radical (unpaired) electrons. The second-order valence-electron chi connectivity index (χ2n) is 7.10. The molecule has 1 amide bonds. The molecule has 1 heterocycles. The van der Waals surface area contributed by atoms with E-state index in [1.54, 1.807) is 25.1 Å². The van der Waals surface area contributed by atoms with Gasteiger partial charge < -0.3 is 15.4 Å². The van der Waals surface area contributed by atoms with Gasteiger partial charge in [0, 0.05) is 25.2 Å². The first-order valence-electron chi connectivity index (χ1n) is 10.3.